The first-order valence-electron chi connectivity index (χ1n) is 6.05. The number of hydrogen-bond donors (Lipinski definition) is 1. The Hall–Kier alpha value is -2.01. The zero-order chi connectivity index (χ0) is 13.8. The fourth-order valence-electron chi connectivity index (χ4n) is 1.68. The molecule has 2 rings (SSSR count). The van der Waals surface area contributed by atoms with Gasteiger partial charge in [0.05, 0.1) is 30.2 Å². The third kappa shape index (κ3) is 3.48. The molecule has 0 aliphatic heterocycles. The molecular weight excluding hydrogens is 245 g/mol. The van der Waals surface area contributed by atoms with Crippen LogP contribution in [0.5, 0.6) is 5.75 Å². The van der Waals surface area contributed by atoms with Crippen molar-refractivity contribution in [3.05, 3.63) is 53.9 Å². The van der Waals surface area contributed by atoms with E-state index in [0.717, 1.165) is 11.8 Å². The summed E-state index contributed by atoms with van der Waals surface area (Å²) in [5.74, 6) is 0.274. The molecular formula is C14H16FN3O. The van der Waals surface area contributed by atoms with Gasteiger partial charge in [-0.05, 0) is 37.6 Å². The summed E-state index contributed by atoms with van der Waals surface area (Å²) in [6, 6.07) is 4.27. The number of aromatic nitrogens is 2. The molecule has 100 valence electrons. The summed E-state index contributed by atoms with van der Waals surface area (Å²) in [6.45, 7) is 3.88. The zero-order valence-corrected chi connectivity index (χ0v) is 10.9. The van der Waals surface area contributed by atoms with Gasteiger partial charge in [0, 0.05) is 6.20 Å². The van der Waals surface area contributed by atoms with Gasteiger partial charge < -0.3 is 10.5 Å². The maximum absolute atomic E-state index is 12.8. The van der Waals surface area contributed by atoms with Gasteiger partial charge in [-0.2, -0.15) is 0 Å². The van der Waals surface area contributed by atoms with Gasteiger partial charge in [0.1, 0.15) is 11.6 Å². The molecule has 0 bridgehead atoms. The van der Waals surface area contributed by atoms with Gasteiger partial charge >= 0.3 is 0 Å². The molecule has 2 heterocycles. The molecule has 2 aromatic heterocycles. The molecule has 0 saturated heterocycles. The highest BCUT2D eigenvalue weighted by atomic mass is 19.1. The molecule has 0 aromatic carbocycles. The van der Waals surface area contributed by atoms with E-state index in [0.29, 0.717) is 11.4 Å². The normalized spacial score (nSPS) is 12.5. The van der Waals surface area contributed by atoms with Crippen LogP contribution < -0.4 is 10.5 Å². The summed E-state index contributed by atoms with van der Waals surface area (Å²) in [4.78, 5) is 8.07. The molecule has 1 atom stereocenters. The van der Waals surface area contributed by atoms with Gasteiger partial charge in [-0.15, -0.1) is 0 Å². The summed E-state index contributed by atoms with van der Waals surface area (Å²) in [5, 5.41) is 0. The third-order valence-electron chi connectivity index (χ3n) is 2.53. The van der Waals surface area contributed by atoms with Crippen LogP contribution >= 0.6 is 0 Å². The Bertz CT molecular complexity index is 543. The third-order valence-corrected chi connectivity index (χ3v) is 2.53. The monoisotopic (exact) mass is 261 g/mol. The second-order valence-electron chi connectivity index (χ2n) is 4.50. The van der Waals surface area contributed by atoms with Crippen molar-refractivity contribution in [2.45, 2.75) is 26.0 Å². The minimum Gasteiger partial charge on any atom is -0.489 e. The number of rotatable bonds is 4. The highest BCUT2D eigenvalue weighted by molar-refractivity contribution is 5.31. The van der Waals surface area contributed by atoms with E-state index >= 15 is 0 Å². The smallest absolute Gasteiger partial charge is 0.141 e. The lowest BCUT2D eigenvalue weighted by Crippen LogP contribution is -2.14. The van der Waals surface area contributed by atoms with Crippen LogP contribution in [0.3, 0.4) is 0 Å². The van der Waals surface area contributed by atoms with Crippen LogP contribution in [0, 0.1) is 5.82 Å². The molecule has 19 heavy (non-hydrogen) atoms. The van der Waals surface area contributed by atoms with E-state index in [1.807, 2.05) is 19.9 Å². The summed E-state index contributed by atoms with van der Waals surface area (Å²) < 4.78 is 18.4. The Morgan fingerprint density at radius 3 is 2.63 bits per heavy atom. The molecule has 0 aliphatic carbocycles. The van der Waals surface area contributed by atoms with Crippen molar-refractivity contribution in [2.24, 2.45) is 5.73 Å². The Kier molecular flexibility index (Phi) is 4.06. The van der Waals surface area contributed by atoms with E-state index in [9.17, 15) is 4.39 Å². The molecule has 2 aromatic rings. The lowest BCUT2D eigenvalue weighted by Gasteiger charge is -2.14. The maximum Gasteiger partial charge on any atom is 0.141 e. The van der Waals surface area contributed by atoms with E-state index in [1.54, 1.807) is 18.5 Å². The van der Waals surface area contributed by atoms with Gasteiger partial charge in [-0.3, -0.25) is 9.97 Å². The van der Waals surface area contributed by atoms with Crippen LogP contribution in [-0.2, 0) is 0 Å². The van der Waals surface area contributed by atoms with Crippen LogP contribution in [0.25, 0.3) is 0 Å². The van der Waals surface area contributed by atoms with Crippen LogP contribution in [-0.4, -0.2) is 16.1 Å². The highest BCUT2D eigenvalue weighted by Gasteiger charge is 2.12. The Balaban J connectivity index is 2.23. The first kappa shape index (κ1) is 13.4. The van der Waals surface area contributed by atoms with Gasteiger partial charge in [0.15, 0.2) is 0 Å². The highest BCUT2D eigenvalue weighted by Crippen LogP contribution is 2.21. The van der Waals surface area contributed by atoms with E-state index < -0.39 is 6.04 Å². The molecule has 0 spiro atoms. The minimum absolute atomic E-state index is 0.0669. The van der Waals surface area contributed by atoms with Crippen molar-refractivity contribution in [3.8, 4) is 5.75 Å². The average molecular weight is 261 g/mol. The van der Waals surface area contributed by atoms with Crippen LogP contribution in [0.15, 0.2) is 36.8 Å². The lowest BCUT2D eigenvalue weighted by molar-refractivity contribution is 0.241. The Morgan fingerprint density at radius 1 is 1.21 bits per heavy atom. The number of pyridine rings is 2. The van der Waals surface area contributed by atoms with Crippen LogP contribution in [0.2, 0.25) is 0 Å². The minimum atomic E-state index is -0.455. The molecule has 1 unspecified atom stereocenters. The number of nitrogens with two attached hydrogens (primary N) is 1. The second-order valence-corrected chi connectivity index (χ2v) is 4.50. The fraction of sp³-hybridized carbons (Fsp3) is 0.286. The number of hydrogen-bond acceptors (Lipinski definition) is 4. The van der Waals surface area contributed by atoms with Crippen LogP contribution in [0.1, 0.15) is 31.1 Å². The number of ether oxygens (including phenoxy) is 1. The summed E-state index contributed by atoms with van der Waals surface area (Å²) in [5.41, 5.74) is 7.45. The van der Waals surface area contributed by atoms with Crippen molar-refractivity contribution in [3.63, 3.8) is 0 Å². The summed E-state index contributed by atoms with van der Waals surface area (Å²) in [7, 11) is 0. The predicted octanol–water partition coefficient (Wildman–Crippen LogP) is 2.45. The Labute approximate surface area is 111 Å². The van der Waals surface area contributed by atoms with E-state index in [1.165, 1.54) is 6.07 Å². The molecule has 0 aliphatic rings. The van der Waals surface area contributed by atoms with Gasteiger partial charge in [-0.25, -0.2) is 4.39 Å². The van der Waals surface area contributed by atoms with Gasteiger partial charge in [-0.1, -0.05) is 0 Å². The molecule has 0 radical (unpaired) electrons. The van der Waals surface area contributed by atoms with E-state index in [4.69, 9.17) is 10.5 Å². The average Bonchev–Trinajstić information content (AvgIpc) is 2.38. The standard InChI is InChI=1S/C14H16FN3O/c1-9(2)19-12-5-10(6-17-8-12)14(16)13-4-3-11(15)7-18-13/h3-9,14H,16H2,1-2H3. The SMILES string of the molecule is CC(C)Oc1cncc(C(N)c2ccc(F)cn2)c1. The molecule has 5 heteroatoms. The molecule has 0 fully saturated rings. The molecule has 2 N–H and O–H groups in total. The first-order valence-corrected chi connectivity index (χ1v) is 6.05. The molecule has 0 saturated carbocycles. The van der Waals surface area contributed by atoms with Crippen molar-refractivity contribution in [2.75, 3.05) is 0 Å². The lowest BCUT2D eigenvalue weighted by atomic mass is 10.1. The first-order chi connectivity index (χ1) is 9.06. The zero-order valence-electron chi connectivity index (χ0n) is 10.9. The number of halogens is 1. The van der Waals surface area contributed by atoms with Crippen molar-refractivity contribution >= 4 is 0 Å². The molecule has 4 nitrogen and oxygen atoms in total. The summed E-state index contributed by atoms with van der Waals surface area (Å²) >= 11 is 0. The second kappa shape index (κ2) is 5.75. The van der Waals surface area contributed by atoms with E-state index in [2.05, 4.69) is 9.97 Å². The summed E-state index contributed by atoms with van der Waals surface area (Å²) in [6.07, 6.45) is 4.51. The van der Waals surface area contributed by atoms with Crippen LogP contribution in [0.4, 0.5) is 4.39 Å². The topological polar surface area (TPSA) is 61.0 Å². The van der Waals surface area contributed by atoms with E-state index in [-0.39, 0.29) is 11.9 Å². The maximum atomic E-state index is 12.8. The number of nitrogens with zero attached hydrogens (tertiary/aromatic N) is 2. The van der Waals surface area contributed by atoms with Crippen molar-refractivity contribution in [1.82, 2.24) is 9.97 Å². The van der Waals surface area contributed by atoms with Crippen molar-refractivity contribution in [1.29, 1.82) is 0 Å². The Morgan fingerprint density at radius 2 is 2.00 bits per heavy atom. The van der Waals surface area contributed by atoms with Crippen molar-refractivity contribution < 1.29 is 9.13 Å². The van der Waals surface area contributed by atoms with Gasteiger partial charge in [0.25, 0.3) is 0 Å². The van der Waals surface area contributed by atoms with Gasteiger partial charge in [0.2, 0.25) is 0 Å². The largest absolute Gasteiger partial charge is 0.489 e. The predicted molar refractivity (Wildman–Crippen MR) is 70.2 cm³/mol. The quantitative estimate of drug-likeness (QED) is 0.918. The molecule has 0 amide bonds. The fourth-order valence-corrected chi connectivity index (χ4v) is 1.68.